The summed E-state index contributed by atoms with van der Waals surface area (Å²) in [7, 11) is 1.53. The molecule has 0 aliphatic carbocycles. The molecule has 0 radical (unpaired) electrons. The van der Waals surface area contributed by atoms with E-state index in [1.807, 2.05) is 0 Å². The van der Waals surface area contributed by atoms with E-state index in [1.165, 1.54) is 25.3 Å². The molecule has 0 atom stereocenters. The van der Waals surface area contributed by atoms with Gasteiger partial charge in [-0.2, -0.15) is 0 Å². The summed E-state index contributed by atoms with van der Waals surface area (Å²) < 4.78 is 11.1. The molecular formula is C21H17ClN2O5. The largest absolute Gasteiger partial charge is 0.496 e. The van der Waals surface area contributed by atoms with Gasteiger partial charge in [-0.25, -0.2) is 0 Å². The van der Waals surface area contributed by atoms with Gasteiger partial charge in [-0.3, -0.25) is 14.9 Å². The number of hydrogen-bond donors (Lipinski definition) is 1. The second-order valence-corrected chi connectivity index (χ2v) is 6.47. The van der Waals surface area contributed by atoms with Crippen molar-refractivity contribution in [3.8, 4) is 11.5 Å². The second kappa shape index (κ2) is 9.07. The maximum absolute atomic E-state index is 12.6. The lowest BCUT2D eigenvalue weighted by Gasteiger charge is -2.12. The first-order valence-electron chi connectivity index (χ1n) is 8.57. The van der Waals surface area contributed by atoms with Gasteiger partial charge in [-0.1, -0.05) is 23.7 Å². The van der Waals surface area contributed by atoms with Crippen LogP contribution in [0.2, 0.25) is 5.02 Å². The molecule has 1 N–H and O–H groups in total. The molecule has 0 fully saturated rings. The number of nitro benzene ring substituents is 1. The zero-order chi connectivity index (χ0) is 20.8. The Morgan fingerprint density at radius 1 is 1.10 bits per heavy atom. The van der Waals surface area contributed by atoms with E-state index in [-0.39, 0.29) is 12.3 Å². The minimum absolute atomic E-state index is 0.104. The van der Waals surface area contributed by atoms with Crippen LogP contribution in [0.15, 0.2) is 66.7 Å². The van der Waals surface area contributed by atoms with Gasteiger partial charge in [0.2, 0.25) is 0 Å². The molecule has 1 amide bonds. The van der Waals surface area contributed by atoms with Gasteiger partial charge in [0.1, 0.15) is 18.1 Å². The summed E-state index contributed by atoms with van der Waals surface area (Å²) in [5.74, 6) is 0.752. The average Bonchev–Trinajstić information content (AvgIpc) is 2.72. The summed E-state index contributed by atoms with van der Waals surface area (Å²) in [5, 5.41) is 14.1. The van der Waals surface area contributed by atoms with Crippen molar-refractivity contribution >= 4 is 28.9 Å². The third kappa shape index (κ3) is 5.24. The normalized spacial score (nSPS) is 10.3. The van der Waals surface area contributed by atoms with E-state index in [2.05, 4.69) is 5.32 Å². The Labute approximate surface area is 172 Å². The van der Waals surface area contributed by atoms with Gasteiger partial charge < -0.3 is 14.8 Å². The molecule has 0 aromatic heterocycles. The molecule has 8 heteroatoms. The molecule has 0 spiro atoms. The highest BCUT2D eigenvalue weighted by molar-refractivity contribution is 6.30. The molecule has 0 heterocycles. The fraction of sp³-hybridized carbons (Fsp3) is 0.0952. The summed E-state index contributed by atoms with van der Waals surface area (Å²) in [4.78, 5) is 23.0. The molecule has 0 unspecified atom stereocenters. The van der Waals surface area contributed by atoms with Crippen LogP contribution in [0.1, 0.15) is 15.9 Å². The number of methoxy groups -OCH3 is 1. The second-order valence-electron chi connectivity index (χ2n) is 6.03. The number of benzene rings is 3. The summed E-state index contributed by atoms with van der Waals surface area (Å²) in [5.41, 5.74) is 1.26. The number of hydrogen-bond acceptors (Lipinski definition) is 5. The van der Waals surface area contributed by atoms with Crippen LogP contribution < -0.4 is 14.8 Å². The van der Waals surface area contributed by atoms with E-state index in [4.69, 9.17) is 21.1 Å². The topological polar surface area (TPSA) is 90.7 Å². The monoisotopic (exact) mass is 412 g/mol. The van der Waals surface area contributed by atoms with Gasteiger partial charge in [0.15, 0.2) is 0 Å². The molecule has 0 saturated heterocycles. The van der Waals surface area contributed by atoms with Gasteiger partial charge in [0.05, 0.1) is 12.0 Å². The third-order valence-electron chi connectivity index (χ3n) is 4.05. The Kier molecular flexibility index (Phi) is 6.31. The standard InChI is InChI=1S/C21H17ClN2O5/c1-28-20-9-8-14(10-15(20)13-29-19-7-2-4-16(22)11-19)21(25)23-17-5-3-6-18(12-17)24(26)27/h2-12H,13H2,1H3,(H,23,25). The van der Waals surface area contributed by atoms with Crippen molar-refractivity contribution in [1.29, 1.82) is 0 Å². The minimum atomic E-state index is -0.520. The van der Waals surface area contributed by atoms with Crippen molar-refractivity contribution in [2.45, 2.75) is 6.61 Å². The number of non-ortho nitro benzene ring substituents is 1. The predicted molar refractivity (Wildman–Crippen MR) is 110 cm³/mol. The van der Waals surface area contributed by atoms with Crippen LogP contribution >= 0.6 is 11.6 Å². The van der Waals surface area contributed by atoms with Gasteiger partial charge >= 0.3 is 0 Å². The van der Waals surface area contributed by atoms with E-state index in [0.29, 0.717) is 33.3 Å². The number of halogens is 1. The number of carbonyl (C=O) groups is 1. The number of anilines is 1. The highest BCUT2D eigenvalue weighted by Crippen LogP contribution is 2.24. The molecule has 0 saturated carbocycles. The molecule has 0 aliphatic heterocycles. The van der Waals surface area contributed by atoms with Gasteiger partial charge in [0.25, 0.3) is 11.6 Å². The first-order chi connectivity index (χ1) is 14.0. The van der Waals surface area contributed by atoms with Gasteiger partial charge in [-0.05, 0) is 42.5 Å². The lowest BCUT2D eigenvalue weighted by Crippen LogP contribution is -2.13. The van der Waals surface area contributed by atoms with E-state index >= 15 is 0 Å². The number of ether oxygens (including phenoxy) is 2. The van der Waals surface area contributed by atoms with Crippen LogP contribution in [0, 0.1) is 10.1 Å². The minimum Gasteiger partial charge on any atom is -0.496 e. The fourth-order valence-corrected chi connectivity index (χ4v) is 2.83. The van der Waals surface area contributed by atoms with E-state index in [9.17, 15) is 14.9 Å². The maximum atomic E-state index is 12.6. The number of carbonyl (C=O) groups excluding carboxylic acids is 1. The highest BCUT2D eigenvalue weighted by Gasteiger charge is 2.13. The molecular weight excluding hydrogens is 396 g/mol. The number of nitro groups is 1. The molecule has 3 aromatic rings. The molecule has 148 valence electrons. The Balaban J connectivity index is 1.77. The predicted octanol–water partition coefficient (Wildman–Crippen LogP) is 5.09. The molecule has 7 nitrogen and oxygen atoms in total. The first kappa shape index (κ1) is 20.2. The Hall–Kier alpha value is -3.58. The SMILES string of the molecule is COc1ccc(C(=O)Nc2cccc([N+](=O)[O-])c2)cc1COc1cccc(Cl)c1. The zero-order valence-electron chi connectivity index (χ0n) is 15.4. The summed E-state index contributed by atoms with van der Waals surface area (Å²) in [6.07, 6.45) is 0. The number of amides is 1. The molecule has 3 aromatic carbocycles. The van der Waals surface area contributed by atoms with Crippen molar-refractivity contribution in [1.82, 2.24) is 0 Å². The van der Waals surface area contributed by atoms with Crippen LogP contribution in [-0.2, 0) is 6.61 Å². The van der Waals surface area contributed by atoms with Crippen LogP contribution in [0.3, 0.4) is 0 Å². The fourth-order valence-electron chi connectivity index (χ4n) is 2.65. The highest BCUT2D eigenvalue weighted by atomic mass is 35.5. The number of rotatable bonds is 7. The summed E-state index contributed by atoms with van der Waals surface area (Å²) >= 11 is 5.96. The van der Waals surface area contributed by atoms with Crippen molar-refractivity contribution in [3.05, 3.63) is 93.0 Å². The number of nitrogens with one attached hydrogen (secondary N) is 1. The Morgan fingerprint density at radius 2 is 1.90 bits per heavy atom. The van der Waals surface area contributed by atoms with Crippen LogP contribution in [0.25, 0.3) is 0 Å². The van der Waals surface area contributed by atoms with Crippen LogP contribution in [0.5, 0.6) is 11.5 Å². The van der Waals surface area contributed by atoms with E-state index in [1.54, 1.807) is 48.5 Å². The summed E-state index contributed by atoms with van der Waals surface area (Å²) in [6.45, 7) is 0.168. The summed E-state index contributed by atoms with van der Waals surface area (Å²) in [6, 6.07) is 17.6. The van der Waals surface area contributed by atoms with E-state index < -0.39 is 10.8 Å². The average molecular weight is 413 g/mol. The lowest BCUT2D eigenvalue weighted by atomic mass is 10.1. The maximum Gasteiger partial charge on any atom is 0.271 e. The zero-order valence-corrected chi connectivity index (χ0v) is 16.2. The van der Waals surface area contributed by atoms with Gasteiger partial charge in [0, 0.05) is 34.0 Å². The van der Waals surface area contributed by atoms with Gasteiger partial charge in [-0.15, -0.1) is 0 Å². The third-order valence-corrected chi connectivity index (χ3v) is 4.28. The molecule has 3 rings (SSSR count). The van der Waals surface area contributed by atoms with Crippen molar-refractivity contribution in [2.75, 3.05) is 12.4 Å². The van der Waals surface area contributed by atoms with Crippen LogP contribution in [0.4, 0.5) is 11.4 Å². The Morgan fingerprint density at radius 3 is 2.62 bits per heavy atom. The molecule has 0 bridgehead atoms. The first-order valence-corrected chi connectivity index (χ1v) is 8.95. The quantitative estimate of drug-likeness (QED) is 0.431. The van der Waals surface area contributed by atoms with Crippen LogP contribution in [-0.4, -0.2) is 17.9 Å². The molecule has 0 aliphatic rings. The van der Waals surface area contributed by atoms with Crippen molar-refractivity contribution < 1.29 is 19.2 Å². The van der Waals surface area contributed by atoms with E-state index in [0.717, 1.165) is 0 Å². The Bertz CT molecular complexity index is 1050. The smallest absolute Gasteiger partial charge is 0.271 e. The lowest BCUT2D eigenvalue weighted by molar-refractivity contribution is -0.384. The van der Waals surface area contributed by atoms with Crippen molar-refractivity contribution in [2.24, 2.45) is 0 Å². The van der Waals surface area contributed by atoms with Crippen molar-refractivity contribution in [3.63, 3.8) is 0 Å². The number of nitrogens with zero attached hydrogens (tertiary/aromatic N) is 1. The molecule has 29 heavy (non-hydrogen) atoms.